The van der Waals surface area contributed by atoms with E-state index in [2.05, 4.69) is 10.1 Å². The largest absolute Gasteiger partial charge is 0.497 e. The number of ether oxygens (including phenoxy) is 1. The van der Waals surface area contributed by atoms with Crippen LogP contribution in [0.25, 0.3) is 22.4 Å². The maximum absolute atomic E-state index is 12.3. The van der Waals surface area contributed by atoms with Gasteiger partial charge in [-0.1, -0.05) is 0 Å². The molecule has 6 nitrogen and oxygen atoms in total. The second-order valence-electron chi connectivity index (χ2n) is 5.57. The van der Waals surface area contributed by atoms with Gasteiger partial charge in [0.15, 0.2) is 5.78 Å². The number of Topliss-reactive ketones (excluding diaryl/α,β-unsaturated/α-hetero) is 1. The number of nitrogens with zero attached hydrogens (tertiary/aromatic N) is 3. The predicted octanol–water partition coefficient (Wildman–Crippen LogP) is 2.57. The van der Waals surface area contributed by atoms with Crippen molar-refractivity contribution in [2.24, 2.45) is 0 Å². The van der Waals surface area contributed by atoms with Gasteiger partial charge in [0.05, 0.1) is 12.8 Å². The van der Waals surface area contributed by atoms with E-state index in [-0.39, 0.29) is 17.9 Å². The molecule has 0 unspecified atom stereocenters. The lowest BCUT2D eigenvalue weighted by Crippen LogP contribution is -2.26. The standard InChI is InChI=1S/C19H17N3O3/c1-13(23)12-22-18(24)11-17(14-7-9-20-10-8-14)19(21-22)15-3-5-16(25-2)6-4-15/h3-11H,12H2,1-2H3. The third kappa shape index (κ3) is 3.63. The van der Waals surface area contributed by atoms with Crippen molar-refractivity contribution in [1.82, 2.24) is 14.8 Å². The number of aromatic nitrogens is 3. The Labute approximate surface area is 144 Å². The van der Waals surface area contributed by atoms with Gasteiger partial charge < -0.3 is 4.74 Å². The summed E-state index contributed by atoms with van der Waals surface area (Å²) in [7, 11) is 1.60. The summed E-state index contributed by atoms with van der Waals surface area (Å²) in [6, 6.07) is 12.5. The van der Waals surface area contributed by atoms with Crippen molar-refractivity contribution in [3.63, 3.8) is 0 Å². The van der Waals surface area contributed by atoms with Crippen molar-refractivity contribution in [2.45, 2.75) is 13.5 Å². The van der Waals surface area contributed by atoms with E-state index in [1.807, 2.05) is 36.4 Å². The van der Waals surface area contributed by atoms with E-state index in [9.17, 15) is 9.59 Å². The lowest BCUT2D eigenvalue weighted by Gasteiger charge is -2.12. The zero-order valence-corrected chi connectivity index (χ0v) is 14.0. The molecule has 0 atom stereocenters. The number of carbonyl (C=O) groups excluding carboxylic acids is 1. The molecule has 6 heteroatoms. The normalized spacial score (nSPS) is 10.5. The molecule has 2 aromatic heterocycles. The molecule has 25 heavy (non-hydrogen) atoms. The first-order valence-corrected chi connectivity index (χ1v) is 7.75. The minimum Gasteiger partial charge on any atom is -0.497 e. The number of hydrogen-bond acceptors (Lipinski definition) is 5. The topological polar surface area (TPSA) is 74.1 Å². The number of benzene rings is 1. The molecule has 2 heterocycles. The van der Waals surface area contributed by atoms with Crippen LogP contribution in [-0.2, 0) is 11.3 Å². The first-order valence-electron chi connectivity index (χ1n) is 7.75. The fourth-order valence-corrected chi connectivity index (χ4v) is 2.53. The number of hydrogen-bond donors (Lipinski definition) is 0. The van der Waals surface area contributed by atoms with Crippen molar-refractivity contribution in [3.8, 4) is 28.1 Å². The van der Waals surface area contributed by atoms with Gasteiger partial charge in [0.25, 0.3) is 5.56 Å². The Hall–Kier alpha value is -3.28. The third-order valence-electron chi connectivity index (χ3n) is 3.73. The van der Waals surface area contributed by atoms with Crippen LogP contribution in [0.15, 0.2) is 59.7 Å². The van der Waals surface area contributed by atoms with E-state index in [1.165, 1.54) is 17.7 Å². The maximum atomic E-state index is 12.3. The van der Waals surface area contributed by atoms with Crippen molar-refractivity contribution >= 4 is 5.78 Å². The highest BCUT2D eigenvalue weighted by Gasteiger charge is 2.14. The Morgan fingerprint density at radius 2 is 1.76 bits per heavy atom. The Bertz CT molecular complexity index is 948. The Morgan fingerprint density at radius 3 is 2.36 bits per heavy atom. The van der Waals surface area contributed by atoms with Crippen LogP contribution in [-0.4, -0.2) is 27.7 Å². The van der Waals surface area contributed by atoms with Gasteiger partial charge in [-0.15, -0.1) is 0 Å². The summed E-state index contributed by atoms with van der Waals surface area (Å²) in [6.45, 7) is 1.37. The molecule has 1 aromatic carbocycles. The molecular formula is C19H17N3O3. The average Bonchev–Trinajstić information content (AvgIpc) is 2.63. The number of pyridine rings is 1. The number of carbonyl (C=O) groups is 1. The summed E-state index contributed by atoms with van der Waals surface area (Å²) in [4.78, 5) is 27.8. The third-order valence-corrected chi connectivity index (χ3v) is 3.73. The van der Waals surface area contributed by atoms with Gasteiger partial charge in [0.1, 0.15) is 12.3 Å². The van der Waals surface area contributed by atoms with Crippen LogP contribution in [0.2, 0.25) is 0 Å². The van der Waals surface area contributed by atoms with E-state index in [0.29, 0.717) is 11.3 Å². The van der Waals surface area contributed by atoms with E-state index in [0.717, 1.165) is 16.9 Å². The van der Waals surface area contributed by atoms with Gasteiger partial charge in [-0.2, -0.15) is 5.10 Å². The van der Waals surface area contributed by atoms with Crippen LogP contribution in [0.3, 0.4) is 0 Å². The fraction of sp³-hybridized carbons (Fsp3) is 0.158. The van der Waals surface area contributed by atoms with Crippen molar-refractivity contribution < 1.29 is 9.53 Å². The quantitative estimate of drug-likeness (QED) is 0.716. The van der Waals surface area contributed by atoms with Gasteiger partial charge in [-0.05, 0) is 48.9 Å². The molecule has 3 rings (SSSR count). The van der Waals surface area contributed by atoms with Gasteiger partial charge in [-0.3, -0.25) is 14.6 Å². The summed E-state index contributed by atoms with van der Waals surface area (Å²) in [5.41, 5.74) is 2.65. The second kappa shape index (κ2) is 7.09. The van der Waals surface area contributed by atoms with Crippen LogP contribution < -0.4 is 10.3 Å². The lowest BCUT2D eigenvalue weighted by molar-refractivity contribution is -0.117. The average molecular weight is 335 g/mol. The Kier molecular flexibility index (Phi) is 4.70. The molecule has 0 radical (unpaired) electrons. The molecule has 0 fully saturated rings. The van der Waals surface area contributed by atoms with Crippen molar-refractivity contribution in [2.75, 3.05) is 7.11 Å². The van der Waals surface area contributed by atoms with Crippen LogP contribution in [0.5, 0.6) is 5.75 Å². The van der Waals surface area contributed by atoms with E-state index in [4.69, 9.17) is 4.74 Å². The summed E-state index contributed by atoms with van der Waals surface area (Å²) >= 11 is 0. The molecule has 0 aliphatic rings. The fourth-order valence-electron chi connectivity index (χ4n) is 2.53. The molecular weight excluding hydrogens is 318 g/mol. The Morgan fingerprint density at radius 1 is 1.08 bits per heavy atom. The highest BCUT2D eigenvalue weighted by molar-refractivity contribution is 5.80. The van der Waals surface area contributed by atoms with E-state index < -0.39 is 0 Å². The highest BCUT2D eigenvalue weighted by atomic mass is 16.5. The molecule has 0 amide bonds. The van der Waals surface area contributed by atoms with E-state index in [1.54, 1.807) is 19.5 Å². The van der Waals surface area contributed by atoms with Crippen LogP contribution >= 0.6 is 0 Å². The molecule has 0 aliphatic carbocycles. The van der Waals surface area contributed by atoms with Crippen LogP contribution in [0, 0.1) is 0 Å². The number of rotatable bonds is 5. The second-order valence-corrected chi connectivity index (χ2v) is 5.57. The molecule has 0 saturated heterocycles. The van der Waals surface area contributed by atoms with Crippen molar-refractivity contribution in [3.05, 3.63) is 65.2 Å². The summed E-state index contributed by atoms with van der Waals surface area (Å²) in [5, 5.41) is 4.44. The van der Waals surface area contributed by atoms with Crippen LogP contribution in [0.1, 0.15) is 6.92 Å². The molecule has 0 bridgehead atoms. The summed E-state index contributed by atoms with van der Waals surface area (Å²) in [5.74, 6) is 0.596. The zero-order chi connectivity index (χ0) is 17.8. The van der Waals surface area contributed by atoms with E-state index >= 15 is 0 Å². The summed E-state index contributed by atoms with van der Waals surface area (Å²) in [6.07, 6.45) is 3.32. The zero-order valence-electron chi connectivity index (χ0n) is 14.0. The van der Waals surface area contributed by atoms with Gasteiger partial charge >= 0.3 is 0 Å². The minimum absolute atomic E-state index is 0.0569. The van der Waals surface area contributed by atoms with Gasteiger partial charge in [0, 0.05) is 29.6 Å². The molecule has 0 spiro atoms. The van der Waals surface area contributed by atoms with Gasteiger partial charge in [0.2, 0.25) is 0 Å². The molecule has 126 valence electrons. The number of methoxy groups -OCH3 is 1. The molecule has 3 aromatic rings. The maximum Gasteiger partial charge on any atom is 0.267 e. The minimum atomic E-state index is -0.320. The SMILES string of the molecule is COc1ccc(-c2nn(CC(C)=O)c(=O)cc2-c2ccncc2)cc1. The first kappa shape index (κ1) is 16.6. The highest BCUT2D eigenvalue weighted by Crippen LogP contribution is 2.29. The summed E-state index contributed by atoms with van der Waals surface area (Å²) < 4.78 is 6.37. The molecule has 0 saturated carbocycles. The molecule has 0 N–H and O–H groups in total. The van der Waals surface area contributed by atoms with Crippen LogP contribution in [0.4, 0.5) is 0 Å². The monoisotopic (exact) mass is 335 g/mol. The molecule has 0 aliphatic heterocycles. The van der Waals surface area contributed by atoms with Crippen molar-refractivity contribution in [1.29, 1.82) is 0 Å². The van der Waals surface area contributed by atoms with Gasteiger partial charge in [-0.25, -0.2) is 4.68 Å². The number of ketones is 1. The smallest absolute Gasteiger partial charge is 0.267 e. The predicted molar refractivity (Wildman–Crippen MR) is 94.4 cm³/mol. The first-order chi connectivity index (χ1) is 12.1. The lowest BCUT2D eigenvalue weighted by atomic mass is 10.0. The Balaban J connectivity index is 2.21.